The number of nitrogens with one attached hydrogen (secondary N) is 1. The minimum Gasteiger partial charge on any atom is -0.466 e. The number of hydrogen-bond donors (Lipinski definition) is 1. The third-order valence-electron chi connectivity index (χ3n) is 3.82. The molecule has 8 heteroatoms. The molecule has 3 rings (SSSR count). The number of carbonyl (C=O) groups is 2. The van der Waals surface area contributed by atoms with E-state index >= 15 is 0 Å². The third kappa shape index (κ3) is 3.39. The summed E-state index contributed by atoms with van der Waals surface area (Å²) in [4.78, 5) is 36.3. The highest BCUT2D eigenvalue weighted by Crippen LogP contribution is 2.28. The molecule has 1 N–H and O–H groups in total. The van der Waals surface area contributed by atoms with Crippen LogP contribution in [-0.4, -0.2) is 34.0 Å². The van der Waals surface area contributed by atoms with Gasteiger partial charge in [-0.25, -0.2) is 19.6 Å². The lowest BCUT2D eigenvalue weighted by Crippen LogP contribution is -2.21. The molecule has 2 aromatic heterocycles. The first-order valence-corrected chi connectivity index (χ1v) is 8.29. The van der Waals surface area contributed by atoms with Crippen LogP contribution in [0.5, 0.6) is 0 Å². The average molecular weight is 374 g/mol. The van der Waals surface area contributed by atoms with Crippen LogP contribution in [0, 0.1) is 0 Å². The number of aromatic nitrogens is 3. The minimum absolute atomic E-state index is 0.225. The van der Waals surface area contributed by atoms with Gasteiger partial charge < -0.3 is 14.5 Å². The van der Waals surface area contributed by atoms with E-state index in [0.29, 0.717) is 34.0 Å². The van der Waals surface area contributed by atoms with Gasteiger partial charge in [-0.15, -0.1) is 0 Å². The van der Waals surface area contributed by atoms with Crippen molar-refractivity contribution in [3.63, 3.8) is 0 Å². The second-order valence-corrected chi connectivity index (χ2v) is 5.83. The Hall–Kier alpha value is -2.93. The largest absolute Gasteiger partial charge is 0.466 e. The predicted octanol–water partition coefficient (Wildman–Crippen LogP) is 3.24. The fraction of sp³-hybridized carbons (Fsp3) is 0.222. The summed E-state index contributed by atoms with van der Waals surface area (Å²) in [5.41, 5.74) is 1.43. The van der Waals surface area contributed by atoms with Crippen LogP contribution in [0.2, 0.25) is 5.02 Å². The molecule has 134 valence electrons. The van der Waals surface area contributed by atoms with Crippen LogP contribution in [0.25, 0.3) is 11.2 Å². The van der Waals surface area contributed by atoms with E-state index < -0.39 is 18.0 Å². The number of benzene rings is 1. The summed E-state index contributed by atoms with van der Waals surface area (Å²) < 4.78 is 10.2. The predicted molar refractivity (Wildman–Crippen MR) is 94.9 cm³/mol. The average Bonchev–Trinajstić information content (AvgIpc) is 3.09. The maximum absolute atomic E-state index is 12.7. The lowest BCUT2D eigenvalue weighted by atomic mass is 10.1. The van der Waals surface area contributed by atoms with Crippen molar-refractivity contribution >= 4 is 34.7 Å². The number of fused-ring (bicyclic) bond motifs is 1. The van der Waals surface area contributed by atoms with E-state index in [1.54, 1.807) is 24.3 Å². The number of carbonyl (C=O) groups excluding carboxylic acids is 2. The number of esters is 2. The molecule has 26 heavy (non-hydrogen) atoms. The van der Waals surface area contributed by atoms with Crippen molar-refractivity contribution in [2.24, 2.45) is 0 Å². The lowest BCUT2D eigenvalue weighted by molar-refractivity contribution is -0.151. The molecule has 2 heterocycles. The molecule has 0 fully saturated rings. The monoisotopic (exact) mass is 373 g/mol. The number of hydrogen-bond acceptors (Lipinski definition) is 6. The summed E-state index contributed by atoms with van der Waals surface area (Å²) >= 11 is 6.14. The summed E-state index contributed by atoms with van der Waals surface area (Å²) in [6.45, 7) is 1.93. The number of imidazole rings is 1. The fourth-order valence-corrected chi connectivity index (χ4v) is 2.74. The number of halogens is 1. The van der Waals surface area contributed by atoms with Gasteiger partial charge in [0.25, 0.3) is 0 Å². The Bertz CT molecular complexity index is 970. The normalized spacial score (nSPS) is 12.0. The van der Waals surface area contributed by atoms with Gasteiger partial charge in [0.1, 0.15) is 5.82 Å². The fourth-order valence-electron chi connectivity index (χ4n) is 2.50. The number of ether oxygens (including phenoxy) is 2. The highest BCUT2D eigenvalue weighted by atomic mass is 35.5. The van der Waals surface area contributed by atoms with E-state index in [-0.39, 0.29) is 5.56 Å². The van der Waals surface area contributed by atoms with Gasteiger partial charge in [-0.3, -0.25) is 0 Å². The molecular formula is C18H16ClN3O4. The first kappa shape index (κ1) is 17.9. The summed E-state index contributed by atoms with van der Waals surface area (Å²) in [5, 5.41) is 0.297. The van der Waals surface area contributed by atoms with E-state index in [9.17, 15) is 9.59 Å². The number of aryl methyl sites for hydroxylation is 1. The molecule has 0 radical (unpaired) electrons. The zero-order valence-corrected chi connectivity index (χ0v) is 14.9. The van der Waals surface area contributed by atoms with E-state index in [0.717, 1.165) is 0 Å². The van der Waals surface area contributed by atoms with Crippen molar-refractivity contribution in [3.05, 3.63) is 58.5 Å². The number of methoxy groups -OCH3 is 1. The van der Waals surface area contributed by atoms with Crippen LogP contribution in [0.3, 0.4) is 0 Å². The smallest absolute Gasteiger partial charge is 0.352 e. The molecule has 0 amide bonds. The highest BCUT2D eigenvalue weighted by Gasteiger charge is 2.29. The second kappa shape index (κ2) is 7.53. The first-order chi connectivity index (χ1) is 12.5. The van der Waals surface area contributed by atoms with E-state index in [1.807, 2.05) is 6.92 Å². The van der Waals surface area contributed by atoms with Gasteiger partial charge in [-0.05, 0) is 12.1 Å². The quantitative estimate of drug-likeness (QED) is 0.690. The molecular weight excluding hydrogens is 358 g/mol. The van der Waals surface area contributed by atoms with Crippen molar-refractivity contribution in [2.45, 2.75) is 19.4 Å². The van der Waals surface area contributed by atoms with E-state index in [2.05, 4.69) is 15.0 Å². The molecule has 0 aliphatic rings. The van der Waals surface area contributed by atoms with Crippen LogP contribution in [0.1, 0.15) is 34.8 Å². The standard InChI is InChI=1S/C18H16ClN3O4/c1-3-13-21-14-11(8-9-20-16(14)22-13)17(23)26-15(18(24)25-2)10-6-4-5-7-12(10)19/h4-9,15H,3H2,1-2H3,(H,20,21,22). The zero-order valence-electron chi connectivity index (χ0n) is 14.2. The summed E-state index contributed by atoms with van der Waals surface area (Å²) in [6, 6.07) is 8.12. The molecule has 0 spiro atoms. The molecule has 7 nitrogen and oxygen atoms in total. The molecule has 0 aliphatic heterocycles. The minimum atomic E-state index is -1.28. The number of pyridine rings is 1. The van der Waals surface area contributed by atoms with Gasteiger partial charge in [0.2, 0.25) is 6.10 Å². The molecule has 1 atom stereocenters. The maximum atomic E-state index is 12.7. The Morgan fingerprint density at radius 1 is 1.27 bits per heavy atom. The number of aromatic amines is 1. The summed E-state index contributed by atoms with van der Waals surface area (Å²) in [7, 11) is 1.22. The third-order valence-corrected chi connectivity index (χ3v) is 4.17. The van der Waals surface area contributed by atoms with Crippen molar-refractivity contribution in [1.82, 2.24) is 15.0 Å². The highest BCUT2D eigenvalue weighted by molar-refractivity contribution is 6.31. The second-order valence-electron chi connectivity index (χ2n) is 5.42. The van der Waals surface area contributed by atoms with Crippen LogP contribution >= 0.6 is 11.6 Å². The van der Waals surface area contributed by atoms with Gasteiger partial charge >= 0.3 is 11.9 Å². The number of H-pyrrole nitrogens is 1. The maximum Gasteiger partial charge on any atom is 0.352 e. The Morgan fingerprint density at radius 3 is 2.73 bits per heavy atom. The van der Waals surface area contributed by atoms with Crippen LogP contribution in [-0.2, 0) is 20.7 Å². The van der Waals surface area contributed by atoms with Crippen LogP contribution < -0.4 is 0 Å². The van der Waals surface area contributed by atoms with Crippen molar-refractivity contribution in [2.75, 3.05) is 7.11 Å². The van der Waals surface area contributed by atoms with Crippen molar-refractivity contribution in [1.29, 1.82) is 0 Å². The van der Waals surface area contributed by atoms with Crippen LogP contribution in [0.15, 0.2) is 36.5 Å². The zero-order chi connectivity index (χ0) is 18.7. The molecule has 0 saturated heterocycles. The Kier molecular flexibility index (Phi) is 5.18. The Balaban J connectivity index is 1.97. The van der Waals surface area contributed by atoms with Crippen molar-refractivity contribution < 1.29 is 19.1 Å². The molecule has 1 unspecified atom stereocenters. The Labute approximate surface area is 154 Å². The van der Waals surface area contributed by atoms with Gasteiger partial charge in [-0.1, -0.05) is 36.7 Å². The molecule has 1 aromatic carbocycles. The molecule has 0 saturated carbocycles. The van der Waals surface area contributed by atoms with Crippen LogP contribution in [0.4, 0.5) is 0 Å². The summed E-state index contributed by atoms with van der Waals surface area (Å²) in [5.74, 6) is -0.738. The van der Waals surface area contributed by atoms with Gasteiger partial charge in [-0.2, -0.15) is 0 Å². The van der Waals surface area contributed by atoms with E-state index in [1.165, 1.54) is 19.4 Å². The number of rotatable bonds is 5. The number of nitrogens with zero attached hydrogens (tertiary/aromatic N) is 2. The summed E-state index contributed by atoms with van der Waals surface area (Å²) in [6.07, 6.45) is 0.842. The topological polar surface area (TPSA) is 94.2 Å². The Morgan fingerprint density at radius 2 is 2.04 bits per heavy atom. The molecule has 0 aliphatic carbocycles. The van der Waals surface area contributed by atoms with Gasteiger partial charge in [0, 0.05) is 23.2 Å². The molecule has 0 bridgehead atoms. The van der Waals surface area contributed by atoms with Gasteiger partial charge in [0.15, 0.2) is 5.65 Å². The SMILES string of the molecule is CCc1nc2nccc(C(=O)OC(C(=O)OC)c3ccccc3Cl)c2[nH]1. The van der Waals surface area contributed by atoms with E-state index in [4.69, 9.17) is 21.1 Å². The van der Waals surface area contributed by atoms with Crippen molar-refractivity contribution in [3.8, 4) is 0 Å². The lowest BCUT2D eigenvalue weighted by Gasteiger charge is -2.17. The van der Waals surface area contributed by atoms with Gasteiger partial charge in [0.05, 0.1) is 18.2 Å². The molecule has 3 aromatic rings. The first-order valence-electron chi connectivity index (χ1n) is 7.92.